The van der Waals surface area contributed by atoms with Crippen molar-refractivity contribution in [3.05, 3.63) is 35.4 Å². The van der Waals surface area contributed by atoms with E-state index < -0.39 is 0 Å². The Balaban J connectivity index is 1.51. The average Bonchev–Trinajstić information content (AvgIpc) is 3.29. The third-order valence-corrected chi connectivity index (χ3v) is 6.90. The molecule has 4 rings (SSSR count). The highest BCUT2D eigenvalue weighted by Gasteiger charge is 2.61. The summed E-state index contributed by atoms with van der Waals surface area (Å²) in [6.07, 6.45) is 5.78. The van der Waals surface area contributed by atoms with Gasteiger partial charge in [0.15, 0.2) is 0 Å². The molecule has 1 amide bonds. The number of likely N-dealkylation sites (tertiary alicyclic amines) is 1. The molecule has 0 bridgehead atoms. The van der Waals surface area contributed by atoms with Crippen molar-refractivity contribution in [1.82, 2.24) is 9.80 Å². The van der Waals surface area contributed by atoms with Gasteiger partial charge in [-0.25, -0.2) is 0 Å². The van der Waals surface area contributed by atoms with Crippen LogP contribution in [0.4, 0.5) is 0 Å². The molecular weight excluding hydrogens is 296 g/mol. The van der Waals surface area contributed by atoms with Crippen LogP contribution in [0.3, 0.4) is 0 Å². The average molecular weight is 326 g/mol. The molecule has 1 aromatic rings. The van der Waals surface area contributed by atoms with Crippen LogP contribution in [0.5, 0.6) is 0 Å². The van der Waals surface area contributed by atoms with Crippen LogP contribution in [-0.2, 0) is 16.6 Å². The van der Waals surface area contributed by atoms with Gasteiger partial charge in [0.1, 0.15) is 0 Å². The maximum absolute atomic E-state index is 13.2. The summed E-state index contributed by atoms with van der Waals surface area (Å²) in [6, 6.07) is 9.24. The molecule has 2 aliphatic carbocycles. The van der Waals surface area contributed by atoms with E-state index in [9.17, 15) is 4.79 Å². The number of amides is 1. The molecule has 1 aliphatic heterocycles. The van der Waals surface area contributed by atoms with Crippen molar-refractivity contribution in [3.8, 4) is 0 Å². The number of fused-ring (bicyclic) bond motifs is 2. The summed E-state index contributed by atoms with van der Waals surface area (Å²) in [5, 5.41) is 0. The number of nitrogens with zero attached hydrogens (tertiary/aromatic N) is 2. The van der Waals surface area contributed by atoms with Crippen LogP contribution in [0.15, 0.2) is 24.3 Å². The first-order chi connectivity index (χ1) is 11.5. The highest BCUT2D eigenvalue weighted by Crippen LogP contribution is 2.60. The Bertz CT molecular complexity index is 642. The SMILES string of the molecule is C[C@@H]1CN(C)CC[C@@H]1N(C)C(=O)[C@@H]1C[C@]12CCCc1ccccc12. The lowest BCUT2D eigenvalue weighted by Gasteiger charge is -2.40. The van der Waals surface area contributed by atoms with Gasteiger partial charge in [-0.3, -0.25) is 4.79 Å². The van der Waals surface area contributed by atoms with Crippen LogP contribution < -0.4 is 0 Å². The second-order valence-corrected chi connectivity index (χ2v) is 8.47. The second kappa shape index (κ2) is 5.87. The summed E-state index contributed by atoms with van der Waals surface area (Å²) in [6.45, 7) is 4.49. The first-order valence-electron chi connectivity index (χ1n) is 9.56. The zero-order valence-electron chi connectivity index (χ0n) is 15.3. The lowest BCUT2D eigenvalue weighted by atomic mass is 9.78. The monoisotopic (exact) mass is 326 g/mol. The first kappa shape index (κ1) is 16.1. The van der Waals surface area contributed by atoms with E-state index in [2.05, 4.69) is 55.1 Å². The fraction of sp³-hybridized carbons (Fsp3) is 0.667. The number of aryl methyl sites for hydroxylation is 1. The lowest BCUT2D eigenvalue weighted by molar-refractivity contribution is -0.135. The zero-order chi connectivity index (χ0) is 16.9. The molecule has 24 heavy (non-hydrogen) atoms. The zero-order valence-corrected chi connectivity index (χ0v) is 15.3. The number of hydrogen-bond acceptors (Lipinski definition) is 2. The van der Waals surface area contributed by atoms with Crippen LogP contribution in [0.25, 0.3) is 0 Å². The number of hydrogen-bond donors (Lipinski definition) is 0. The van der Waals surface area contributed by atoms with E-state index >= 15 is 0 Å². The van der Waals surface area contributed by atoms with Crippen LogP contribution in [-0.4, -0.2) is 48.9 Å². The number of benzene rings is 1. The number of carbonyl (C=O) groups is 1. The number of carbonyl (C=O) groups excluding carboxylic acids is 1. The van der Waals surface area contributed by atoms with Gasteiger partial charge in [-0.15, -0.1) is 0 Å². The highest BCUT2D eigenvalue weighted by atomic mass is 16.2. The minimum atomic E-state index is 0.162. The maximum Gasteiger partial charge on any atom is 0.226 e. The van der Waals surface area contributed by atoms with Crippen LogP contribution in [0.1, 0.15) is 43.7 Å². The van der Waals surface area contributed by atoms with Crippen molar-refractivity contribution >= 4 is 5.91 Å². The quantitative estimate of drug-likeness (QED) is 0.834. The van der Waals surface area contributed by atoms with Crippen LogP contribution in [0, 0.1) is 11.8 Å². The van der Waals surface area contributed by atoms with Gasteiger partial charge < -0.3 is 9.80 Å². The molecule has 0 aromatic heterocycles. The van der Waals surface area contributed by atoms with E-state index in [0.29, 0.717) is 17.9 Å². The summed E-state index contributed by atoms with van der Waals surface area (Å²) in [5.74, 6) is 1.18. The fourth-order valence-corrected chi connectivity index (χ4v) is 5.48. The first-order valence-corrected chi connectivity index (χ1v) is 9.56. The van der Waals surface area contributed by atoms with E-state index in [-0.39, 0.29) is 11.3 Å². The molecule has 1 aromatic carbocycles. The molecule has 4 atom stereocenters. The standard InChI is InChI=1S/C21H30N2O/c1-15-14-22(2)12-10-19(15)23(3)20(24)18-13-21(18)11-6-8-16-7-4-5-9-17(16)21/h4-5,7,9,15,18-19H,6,8,10-14H2,1-3H3/t15-,18+,19+,21+/m1/s1. The number of rotatable bonds is 2. The van der Waals surface area contributed by atoms with E-state index in [0.717, 1.165) is 25.9 Å². The molecule has 3 aliphatic rings. The summed E-state index contributed by atoms with van der Waals surface area (Å²) in [5.41, 5.74) is 3.11. The van der Waals surface area contributed by atoms with Gasteiger partial charge >= 0.3 is 0 Å². The smallest absolute Gasteiger partial charge is 0.226 e. The summed E-state index contributed by atoms with van der Waals surface area (Å²) in [4.78, 5) is 17.7. The molecule has 1 heterocycles. The van der Waals surface area contributed by atoms with Crippen molar-refractivity contribution in [1.29, 1.82) is 0 Å². The van der Waals surface area contributed by atoms with Gasteiger partial charge in [-0.05, 0) is 62.7 Å². The third-order valence-electron chi connectivity index (χ3n) is 6.90. The van der Waals surface area contributed by atoms with Gasteiger partial charge in [-0.1, -0.05) is 31.2 Å². The Hall–Kier alpha value is -1.35. The van der Waals surface area contributed by atoms with Gasteiger partial charge in [0.05, 0.1) is 0 Å². The highest BCUT2D eigenvalue weighted by molar-refractivity contribution is 5.85. The predicted octanol–water partition coefficient (Wildman–Crippen LogP) is 3.08. The molecule has 2 fully saturated rings. The fourth-order valence-electron chi connectivity index (χ4n) is 5.48. The van der Waals surface area contributed by atoms with Gasteiger partial charge in [0, 0.05) is 31.0 Å². The minimum Gasteiger partial charge on any atom is -0.342 e. The molecule has 0 unspecified atom stereocenters. The molecule has 0 N–H and O–H groups in total. The van der Waals surface area contributed by atoms with Gasteiger partial charge in [0.2, 0.25) is 5.91 Å². The second-order valence-electron chi connectivity index (χ2n) is 8.47. The van der Waals surface area contributed by atoms with Gasteiger partial charge in [0.25, 0.3) is 0 Å². The van der Waals surface area contributed by atoms with Crippen LogP contribution in [0.2, 0.25) is 0 Å². The van der Waals surface area contributed by atoms with Crippen molar-refractivity contribution in [3.63, 3.8) is 0 Å². The summed E-state index contributed by atoms with van der Waals surface area (Å²) in [7, 11) is 4.24. The van der Waals surface area contributed by atoms with Crippen molar-refractivity contribution < 1.29 is 4.79 Å². The van der Waals surface area contributed by atoms with Crippen molar-refractivity contribution in [2.45, 2.75) is 50.5 Å². The van der Waals surface area contributed by atoms with E-state index in [4.69, 9.17) is 0 Å². The molecular formula is C21H30N2O. The molecule has 3 heteroatoms. The van der Waals surface area contributed by atoms with E-state index in [1.165, 1.54) is 30.4 Å². The lowest BCUT2D eigenvalue weighted by Crippen LogP contribution is -2.50. The largest absolute Gasteiger partial charge is 0.342 e. The molecule has 1 saturated heterocycles. The van der Waals surface area contributed by atoms with Crippen molar-refractivity contribution in [2.24, 2.45) is 11.8 Å². The Morgan fingerprint density at radius 2 is 2.12 bits per heavy atom. The Labute approximate surface area is 146 Å². The molecule has 130 valence electrons. The van der Waals surface area contributed by atoms with Crippen molar-refractivity contribution in [2.75, 3.05) is 27.2 Å². The Kier molecular flexibility index (Phi) is 3.95. The normalized spacial score (nSPS) is 35.5. The third kappa shape index (κ3) is 2.48. The van der Waals surface area contributed by atoms with E-state index in [1.807, 2.05) is 0 Å². The summed E-state index contributed by atoms with van der Waals surface area (Å²) < 4.78 is 0. The van der Waals surface area contributed by atoms with Crippen LogP contribution >= 0.6 is 0 Å². The maximum atomic E-state index is 13.2. The summed E-state index contributed by atoms with van der Waals surface area (Å²) >= 11 is 0. The topological polar surface area (TPSA) is 23.6 Å². The predicted molar refractivity (Wildman–Crippen MR) is 97.0 cm³/mol. The van der Waals surface area contributed by atoms with E-state index in [1.54, 1.807) is 0 Å². The Morgan fingerprint density at radius 1 is 1.33 bits per heavy atom. The molecule has 1 spiro atoms. The number of piperidine rings is 1. The Morgan fingerprint density at radius 3 is 2.92 bits per heavy atom. The van der Waals surface area contributed by atoms with Gasteiger partial charge in [-0.2, -0.15) is 0 Å². The molecule has 1 saturated carbocycles. The molecule has 0 radical (unpaired) electrons. The minimum absolute atomic E-state index is 0.162. The molecule has 3 nitrogen and oxygen atoms in total.